The first-order chi connectivity index (χ1) is 12.3. The SMILES string of the molecule is CC1Cc2ccccc2N1Cc1ccc(B2OC(C)(C)C(C)(C)O2)cc1. The predicted molar refractivity (Wildman–Crippen MR) is 108 cm³/mol. The zero-order valence-electron chi connectivity index (χ0n) is 16.5. The van der Waals surface area contributed by atoms with E-state index in [1.807, 2.05) is 0 Å². The van der Waals surface area contributed by atoms with Crippen LogP contribution in [0.25, 0.3) is 0 Å². The van der Waals surface area contributed by atoms with Gasteiger partial charge in [-0.1, -0.05) is 42.5 Å². The van der Waals surface area contributed by atoms with Crippen molar-refractivity contribution in [2.45, 2.75) is 64.8 Å². The number of nitrogens with zero attached hydrogens (tertiary/aromatic N) is 1. The minimum Gasteiger partial charge on any atom is -0.399 e. The lowest BCUT2D eigenvalue weighted by Crippen LogP contribution is -2.41. The largest absolute Gasteiger partial charge is 0.494 e. The van der Waals surface area contributed by atoms with Crippen LogP contribution in [0.5, 0.6) is 0 Å². The molecule has 0 N–H and O–H groups in total. The van der Waals surface area contributed by atoms with E-state index in [0.29, 0.717) is 6.04 Å². The molecule has 4 rings (SSSR count). The Hall–Kier alpha value is -1.78. The molecule has 1 fully saturated rings. The molecule has 4 heteroatoms. The van der Waals surface area contributed by atoms with E-state index in [1.54, 1.807) is 0 Å². The van der Waals surface area contributed by atoms with Crippen molar-refractivity contribution in [1.82, 2.24) is 0 Å². The fraction of sp³-hybridized carbons (Fsp3) is 0.455. The van der Waals surface area contributed by atoms with E-state index in [4.69, 9.17) is 9.31 Å². The van der Waals surface area contributed by atoms with Crippen molar-refractivity contribution in [3.8, 4) is 0 Å². The summed E-state index contributed by atoms with van der Waals surface area (Å²) in [6.07, 6.45) is 1.13. The predicted octanol–water partition coefficient (Wildman–Crippen LogP) is 3.94. The average Bonchev–Trinajstić information content (AvgIpc) is 3.01. The third kappa shape index (κ3) is 2.95. The molecule has 1 unspecified atom stereocenters. The van der Waals surface area contributed by atoms with Gasteiger partial charge >= 0.3 is 7.12 Å². The van der Waals surface area contributed by atoms with E-state index in [2.05, 4.69) is 88.0 Å². The summed E-state index contributed by atoms with van der Waals surface area (Å²) >= 11 is 0. The number of para-hydroxylation sites is 1. The standard InChI is InChI=1S/C22H28BNO2/c1-16-14-18-8-6-7-9-20(18)24(16)15-17-10-12-19(13-11-17)23-25-21(2,3)22(4,5)26-23/h6-13,16H,14-15H2,1-5H3. The van der Waals surface area contributed by atoms with Crippen molar-refractivity contribution >= 4 is 18.3 Å². The second-order valence-corrected chi connectivity index (χ2v) is 8.64. The van der Waals surface area contributed by atoms with Crippen LogP contribution in [-0.4, -0.2) is 24.4 Å². The van der Waals surface area contributed by atoms with Crippen molar-refractivity contribution < 1.29 is 9.31 Å². The molecule has 0 bridgehead atoms. The molecule has 26 heavy (non-hydrogen) atoms. The van der Waals surface area contributed by atoms with Crippen LogP contribution in [-0.2, 0) is 22.3 Å². The van der Waals surface area contributed by atoms with E-state index in [1.165, 1.54) is 16.8 Å². The van der Waals surface area contributed by atoms with E-state index in [9.17, 15) is 0 Å². The van der Waals surface area contributed by atoms with Crippen LogP contribution in [0.1, 0.15) is 45.7 Å². The summed E-state index contributed by atoms with van der Waals surface area (Å²) in [4.78, 5) is 2.50. The van der Waals surface area contributed by atoms with E-state index in [0.717, 1.165) is 18.4 Å². The van der Waals surface area contributed by atoms with Crippen molar-refractivity contribution in [1.29, 1.82) is 0 Å². The van der Waals surface area contributed by atoms with Crippen molar-refractivity contribution in [3.05, 3.63) is 59.7 Å². The Balaban J connectivity index is 1.49. The van der Waals surface area contributed by atoms with Gasteiger partial charge in [0, 0.05) is 18.3 Å². The highest BCUT2D eigenvalue weighted by Gasteiger charge is 2.51. The molecule has 2 heterocycles. The number of hydrogen-bond acceptors (Lipinski definition) is 3. The molecule has 2 aromatic rings. The topological polar surface area (TPSA) is 21.7 Å². The highest BCUT2D eigenvalue weighted by Crippen LogP contribution is 2.36. The summed E-state index contributed by atoms with van der Waals surface area (Å²) in [5, 5.41) is 0. The van der Waals surface area contributed by atoms with Gasteiger partial charge in [-0.15, -0.1) is 0 Å². The highest BCUT2D eigenvalue weighted by molar-refractivity contribution is 6.62. The molecule has 1 saturated heterocycles. The first kappa shape index (κ1) is 17.6. The van der Waals surface area contributed by atoms with Crippen LogP contribution in [0, 0.1) is 0 Å². The van der Waals surface area contributed by atoms with Gasteiger partial charge in [0.25, 0.3) is 0 Å². The third-order valence-electron chi connectivity index (χ3n) is 6.21. The molecule has 1 atom stereocenters. The summed E-state index contributed by atoms with van der Waals surface area (Å²) in [5.41, 5.74) is 4.62. The van der Waals surface area contributed by atoms with Crippen LogP contribution in [0.4, 0.5) is 5.69 Å². The molecule has 0 radical (unpaired) electrons. The Morgan fingerprint density at radius 3 is 2.23 bits per heavy atom. The quantitative estimate of drug-likeness (QED) is 0.784. The molecule has 2 aliphatic heterocycles. The van der Waals surface area contributed by atoms with E-state index in [-0.39, 0.29) is 18.3 Å². The molecule has 0 saturated carbocycles. The molecule has 2 aliphatic rings. The lowest BCUT2D eigenvalue weighted by Gasteiger charge is -2.32. The normalized spacial score (nSPS) is 23.3. The zero-order chi connectivity index (χ0) is 18.5. The Morgan fingerprint density at radius 1 is 0.962 bits per heavy atom. The highest BCUT2D eigenvalue weighted by atomic mass is 16.7. The lowest BCUT2D eigenvalue weighted by molar-refractivity contribution is 0.00578. The third-order valence-corrected chi connectivity index (χ3v) is 6.21. The Bertz CT molecular complexity index is 784. The molecular weight excluding hydrogens is 321 g/mol. The van der Waals surface area contributed by atoms with Crippen LogP contribution < -0.4 is 10.4 Å². The van der Waals surface area contributed by atoms with Gasteiger partial charge in [0.1, 0.15) is 0 Å². The maximum absolute atomic E-state index is 6.15. The van der Waals surface area contributed by atoms with Gasteiger partial charge in [0.15, 0.2) is 0 Å². The van der Waals surface area contributed by atoms with Crippen molar-refractivity contribution in [2.75, 3.05) is 4.90 Å². The van der Waals surface area contributed by atoms with Gasteiger partial charge in [0.05, 0.1) is 11.2 Å². The second kappa shape index (κ2) is 6.14. The average molecular weight is 349 g/mol. The lowest BCUT2D eigenvalue weighted by atomic mass is 9.79. The maximum Gasteiger partial charge on any atom is 0.494 e. The van der Waals surface area contributed by atoms with Gasteiger partial charge in [-0.2, -0.15) is 0 Å². The molecular formula is C22H28BNO2. The van der Waals surface area contributed by atoms with Crippen LogP contribution in [0.3, 0.4) is 0 Å². The van der Waals surface area contributed by atoms with Crippen molar-refractivity contribution in [2.24, 2.45) is 0 Å². The number of hydrogen-bond donors (Lipinski definition) is 0. The number of fused-ring (bicyclic) bond motifs is 1. The summed E-state index contributed by atoms with van der Waals surface area (Å²) in [6.45, 7) is 11.6. The van der Waals surface area contributed by atoms with Gasteiger partial charge in [-0.25, -0.2) is 0 Å². The van der Waals surface area contributed by atoms with Gasteiger partial charge in [-0.3, -0.25) is 0 Å². The molecule has 136 valence electrons. The van der Waals surface area contributed by atoms with E-state index >= 15 is 0 Å². The first-order valence-electron chi connectivity index (χ1n) is 9.56. The first-order valence-corrected chi connectivity index (χ1v) is 9.56. The summed E-state index contributed by atoms with van der Waals surface area (Å²) in [7, 11) is -0.291. The minimum absolute atomic E-state index is 0.291. The van der Waals surface area contributed by atoms with Crippen LogP contribution in [0.15, 0.2) is 48.5 Å². The Labute approximate surface area is 157 Å². The maximum atomic E-state index is 6.15. The van der Waals surface area contributed by atoms with Crippen molar-refractivity contribution in [3.63, 3.8) is 0 Å². The summed E-state index contributed by atoms with van der Waals surface area (Å²) in [5.74, 6) is 0. The van der Waals surface area contributed by atoms with Crippen LogP contribution >= 0.6 is 0 Å². The number of anilines is 1. The zero-order valence-corrected chi connectivity index (χ0v) is 16.5. The molecule has 0 amide bonds. The molecule has 0 aromatic heterocycles. The van der Waals surface area contributed by atoms with Crippen LogP contribution in [0.2, 0.25) is 0 Å². The molecule has 2 aromatic carbocycles. The smallest absolute Gasteiger partial charge is 0.399 e. The van der Waals surface area contributed by atoms with Gasteiger partial charge < -0.3 is 14.2 Å². The molecule has 0 aliphatic carbocycles. The number of rotatable bonds is 3. The summed E-state index contributed by atoms with van der Waals surface area (Å²) in [6, 6.07) is 18.0. The van der Waals surface area contributed by atoms with Gasteiger partial charge in [-0.05, 0) is 63.7 Å². The molecule has 3 nitrogen and oxygen atoms in total. The Kier molecular flexibility index (Phi) is 4.16. The fourth-order valence-electron chi connectivity index (χ4n) is 3.83. The number of benzene rings is 2. The van der Waals surface area contributed by atoms with Gasteiger partial charge in [0.2, 0.25) is 0 Å². The summed E-state index contributed by atoms with van der Waals surface area (Å²) < 4.78 is 12.3. The fourth-order valence-corrected chi connectivity index (χ4v) is 3.83. The van der Waals surface area contributed by atoms with E-state index < -0.39 is 0 Å². The Morgan fingerprint density at radius 2 is 1.58 bits per heavy atom. The minimum atomic E-state index is -0.301. The molecule has 0 spiro atoms. The monoisotopic (exact) mass is 349 g/mol. The second-order valence-electron chi connectivity index (χ2n) is 8.64.